The summed E-state index contributed by atoms with van der Waals surface area (Å²) in [6.07, 6.45) is 0. The molecule has 14 heavy (non-hydrogen) atoms. The van der Waals surface area contributed by atoms with Gasteiger partial charge in [0.05, 0.1) is 0 Å². The normalized spacial score (nSPS) is 12.9. The van der Waals surface area contributed by atoms with Crippen molar-refractivity contribution in [2.45, 2.75) is 11.5 Å². The third-order valence-electron chi connectivity index (χ3n) is 1.31. The smallest absolute Gasteiger partial charge is 0.387 e. The van der Waals surface area contributed by atoms with Crippen LogP contribution in [0.3, 0.4) is 0 Å². The molecule has 1 N–H and O–H groups in total. The second kappa shape index (κ2) is 4.43. The SMILES string of the molecule is O=S(O)c1cc(F)ccc1OC(F)F. The van der Waals surface area contributed by atoms with Crippen molar-refractivity contribution in [3.63, 3.8) is 0 Å². The minimum absolute atomic E-state index is 0.512. The van der Waals surface area contributed by atoms with E-state index >= 15 is 0 Å². The zero-order valence-electron chi connectivity index (χ0n) is 6.62. The maximum Gasteiger partial charge on any atom is 0.387 e. The van der Waals surface area contributed by atoms with E-state index in [2.05, 4.69) is 4.74 Å². The fourth-order valence-corrected chi connectivity index (χ4v) is 1.31. The second-order valence-electron chi connectivity index (χ2n) is 2.22. The molecule has 7 heteroatoms. The van der Waals surface area contributed by atoms with Crippen LogP contribution in [-0.4, -0.2) is 15.4 Å². The number of hydrogen-bond acceptors (Lipinski definition) is 2. The molecule has 1 unspecified atom stereocenters. The Morgan fingerprint density at radius 2 is 2.07 bits per heavy atom. The predicted molar refractivity (Wildman–Crippen MR) is 42.1 cm³/mol. The Hall–Kier alpha value is -1.08. The van der Waals surface area contributed by atoms with Gasteiger partial charge in [-0.2, -0.15) is 8.78 Å². The predicted octanol–water partition coefficient (Wildman–Crippen LogP) is 2.01. The second-order valence-corrected chi connectivity index (χ2v) is 3.16. The number of benzene rings is 1. The lowest BCUT2D eigenvalue weighted by molar-refractivity contribution is -0.0518. The van der Waals surface area contributed by atoms with E-state index < -0.39 is 34.2 Å². The van der Waals surface area contributed by atoms with E-state index in [1.54, 1.807) is 0 Å². The number of rotatable bonds is 3. The van der Waals surface area contributed by atoms with Gasteiger partial charge >= 0.3 is 6.61 Å². The van der Waals surface area contributed by atoms with Gasteiger partial charge in [-0.15, -0.1) is 0 Å². The molecule has 0 bridgehead atoms. The molecule has 78 valence electrons. The molecule has 0 heterocycles. The molecule has 0 aromatic heterocycles. The summed E-state index contributed by atoms with van der Waals surface area (Å²) in [5, 5.41) is 0. The van der Waals surface area contributed by atoms with Crippen LogP contribution in [0.1, 0.15) is 0 Å². The van der Waals surface area contributed by atoms with Crippen molar-refractivity contribution in [3.05, 3.63) is 24.0 Å². The first kappa shape index (κ1) is 11.0. The summed E-state index contributed by atoms with van der Waals surface area (Å²) in [5.74, 6) is -1.31. The van der Waals surface area contributed by atoms with Crippen molar-refractivity contribution in [2.24, 2.45) is 0 Å². The van der Waals surface area contributed by atoms with Gasteiger partial charge in [-0.05, 0) is 18.2 Å². The summed E-state index contributed by atoms with van der Waals surface area (Å²) in [6, 6.07) is 2.38. The first-order valence-electron chi connectivity index (χ1n) is 3.36. The number of hydrogen-bond donors (Lipinski definition) is 1. The summed E-state index contributed by atoms with van der Waals surface area (Å²) in [7, 11) is 0. The van der Waals surface area contributed by atoms with Crippen LogP contribution >= 0.6 is 0 Å². The van der Waals surface area contributed by atoms with Crippen LogP contribution in [0.4, 0.5) is 13.2 Å². The van der Waals surface area contributed by atoms with Crippen molar-refractivity contribution in [3.8, 4) is 5.75 Å². The molecule has 0 aliphatic heterocycles. The van der Waals surface area contributed by atoms with Gasteiger partial charge in [-0.1, -0.05) is 0 Å². The molecule has 0 saturated carbocycles. The Morgan fingerprint density at radius 1 is 1.43 bits per heavy atom. The molecule has 1 aromatic rings. The maximum atomic E-state index is 12.6. The number of ether oxygens (including phenoxy) is 1. The molecule has 0 fully saturated rings. The molecule has 0 radical (unpaired) electrons. The van der Waals surface area contributed by atoms with Gasteiger partial charge in [0.25, 0.3) is 0 Å². The van der Waals surface area contributed by atoms with E-state index in [0.29, 0.717) is 6.07 Å². The van der Waals surface area contributed by atoms with Gasteiger partial charge in [0, 0.05) is 0 Å². The van der Waals surface area contributed by atoms with Gasteiger partial charge in [-0.25, -0.2) is 8.60 Å². The topological polar surface area (TPSA) is 46.5 Å². The van der Waals surface area contributed by atoms with Crippen LogP contribution < -0.4 is 4.74 Å². The Morgan fingerprint density at radius 3 is 2.57 bits per heavy atom. The molecule has 1 atom stereocenters. The Kier molecular flexibility index (Phi) is 3.48. The van der Waals surface area contributed by atoms with Gasteiger partial charge in [0.2, 0.25) is 0 Å². The van der Waals surface area contributed by atoms with E-state index in [0.717, 1.165) is 12.1 Å². The molecule has 3 nitrogen and oxygen atoms in total. The highest BCUT2D eigenvalue weighted by Gasteiger charge is 2.14. The zero-order chi connectivity index (χ0) is 10.7. The highest BCUT2D eigenvalue weighted by atomic mass is 32.2. The molecular weight excluding hydrogens is 221 g/mol. The lowest BCUT2D eigenvalue weighted by atomic mass is 10.3. The quantitative estimate of drug-likeness (QED) is 0.802. The lowest BCUT2D eigenvalue weighted by Gasteiger charge is -2.07. The largest absolute Gasteiger partial charge is 0.433 e. The van der Waals surface area contributed by atoms with Crippen molar-refractivity contribution < 1.29 is 26.7 Å². The molecule has 0 amide bonds. The Balaban J connectivity index is 3.08. The first-order valence-corrected chi connectivity index (χ1v) is 4.46. The fourth-order valence-electron chi connectivity index (χ4n) is 0.812. The third-order valence-corrected chi connectivity index (χ3v) is 2.01. The van der Waals surface area contributed by atoms with Gasteiger partial charge < -0.3 is 9.29 Å². The average molecular weight is 226 g/mol. The van der Waals surface area contributed by atoms with E-state index in [-0.39, 0.29) is 0 Å². The molecule has 0 saturated heterocycles. The molecule has 0 aliphatic carbocycles. The lowest BCUT2D eigenvalue weighted by Crippen LogP contribution is -2.05. The highest BCUT2D eigenvalue weighted by molar-refractivity contribution is 7.79. The first-order chi connectivity index (χ1) is 6.50. The average Bonchev–Trinajstić information content (AvgIpc) is 2.07. The van der Waals surface area contributed by atoms with Crippen LogP contribution in [0.25, 0.3) is 0 Å². The number of alkyl halides is 2. The standard InChI is InChI=1S/C7H5F3O3S/c8-4-1-2-5(13-7(9)10)6(3-4)14(11)12/h1-3,7H,(H,11,12). The van der Waals surface area contributed by atoms with Crippen LogP contribution in [0.15, 0.2) is 23.1 Å². The fraction of sp³-hybridized carbons (Fsp3) is 0.143. The van der Waals surface area contributed by atoms with Crippen LogP contribution in [-0.2, 0) is 11.1 Å². The Labute approximate surface area is 79.8 Å². The van der Waals surface area contributed by atoms with Gasteiger partial charge in [0.15, 0.2) is 11.1 Å². The van der Waals surface area contributed by atoms with Crippen LogP contribution in [0.2, 0.25) is 0 Å². The summed E-state index contributed by atoms with van der Waals surface area (Å²) in [5.41, 5.74) is 0. The van der Waals surface area contributed by atoms with Crippen molar-refractivity contribution in [1.82, 2.24) is 0 Å². The van der Waals surface area contributed by atoms with Crippen molar-refractivity contribution >= 4 is 11.1 Å². The maximum absolute atomic E-state index is 12.6. The van der Waals surface area contributed by atoms with E-state index in [9.17, 15) is 17.4 Å². The van der Waals surface area contributed by atoms with Crippen molar-refractivity contribution in [2.75, 3.05) is 0 Å². The molecule has 0 spiro atoms. The summed E-state index contributed by atoms with van der Waals surface area (Å²) in [6.45, 7) is -3.12. The van der Waals surface area contributed by atoms with Gasteiger partial charge in [0.1, 0.15) is 16.5 Å². The highest BCUT2D eigenvalue weighted by Crippen LogP contribution is 2.24. The van der Waals surface area contributed by atoms with E-state index in [4.69, 9.17) is 4.55 Å². The summed E-state index contributed by atoms with van der Waals surface area (Å²) < 4.78 is 59.2. The zero-order valence-corrected chi connectivity index (χ0v) is 7.43. The number of halogens is 3. The minimum Gasteiger partial charge on any atom is -0.433 e. The summed E-state index contributed by atoms with van der Waals surface area (Å²) in [4.78, 5) is -0.523. The molecule has 1 rings (SSSR count). The van der Waals surface area contributed by atoms with Crippen molar-refractivity contribution in [1.29, 1.82) is 0 Å². The van der Waals surface area contributed by atoms with E-state index in [1.807, 2.05) is 0 Å². The van der Waals surface area contributed by atoms with E-state index in [1.165, 1.54) is 0 Å². The molecular formula is C7H5F3O3S. The third kappa shape index (κ3) is 2.71. The molecule has 0 aliphatic rings. The van der Waals surface area contributed by atoms with Crippen LogP contribution in [0.5, 0.6) is 5.75 Å². The van der Waals surface area contributed by atoms with Crippen LogP contribution in [0, 0.1) is 5.82 Å². The minimum atomic E-state index is -3.12. The monoisotopic (exact) mass is 226 g/mol. The van der Waals surface area contributed by atoms with Gasteiger partial charge in [-0.3, -0.25) is 0 Å². The molecule has 1 aromatic carbocycles. The Bertz CT molecular complexity index is 356. The summed E-state index contributed by atoms with van der Waals surface area (Å²) >= 11 is -2.57.